The first-order valence-corrected chi connectivity index (χ1v) is 7.61. The third-order valence-electron chi connectivity index (χ3n) is 3.52. The fourth-order valence-corrected chi connectivity index (χ4v) is 2.82. The topological polar surface area (TPSA) is 44.4 Å². The molecule has 1 aromatic rings. The van der Waals surface area contributed by atoms with E-state index in [1.807, 2.05) is 6.92 Å². The van der Waals surface area contributed by atoms with Gasteiger partial charge in [0.1, 0.15) is 11.9 Å². The summed E-state index contributed by atoms with van der Waals surface area (Å²) >= 11 is 5.12. The summed E-state index contributed by atoms with van der Waals surface area (Å²) in [6, 6.07) is 5.96. The van der Waals surface area contributed by atoms with Crippen LogP contribution in [0, 0.1) is 5.82 Å². The second kappa shape index (κ2) is 7.35. The van der Waals surface area contributed by atoms with Crippen LogP contribution in [0.5, 0.6) is 0 Å². The predicted molar refractivity (Wildman–Crippen MR) is 88.8 cm³/mol. The van der Waals surface area contributed by atoms with Crippen LogP contribution < -0.4 is 10.6 Å². The van der Waals surface area contributed by atoms with Gasteiger partial charge in [0.25, 0.3) is 0 Å². The zero-order chi connectivity index (χ0) is 16.1. The monoisotopic (exact) mass is 321 g/mol. The summed E-state index contributed by atoms with van der Waals surface area (Å²) in [7, 11) is 0. The van der Waals surface area contributed by atoms with Crippen molar-refractivity contribution in [3.05, 3.63) is 48.3 Å². The lowest BCUT2D eigenvalue weighted by molar-refractivity contribution is -0.133. The van der Waals surface area contributed by atoms with Gasteiger partial charge in [-0.1, -0.05) is 18.2 Å². The standard InChI is InChI=1S/C16H20FN3OS/c1-3-8-20(10-12-4-6-13(17)7-5-12)15(21)14-9-11(2)18-16(22)19-14/h3-7,11,14H,1,8-10H2,2H3,(H2,18,19,22)/t11-,14+/m1/s1. The molecule has 0 saturated carbocycles. The van der Waals surface area contributed by atoms with Gasteiger partial charge >= 0.3 is 0 Å². The number of amides is 1. The number of carbonyl (C=O) groups excluding carboxylic acids is 1. The van der Waals surface area contributed by atoms with Gasteiger partial charge in [-0.25, -0.2) is 4.39 Å². The van der Waals surface area contributed by atoms with Crippen molar-refractivity contribution in [1.29, 1.82) is 0 Å². The SMILES string of the molecule is C=CCN(Cc1ccc(F)cc1)C(=O)[C@@H]1C[C@@H](C)NC(=S)N1. The van der Waals surface area contributed by atoms with Crippen LogP contribution in [0.15, 0.2) is 36.9 Å². The molecule has 0 aliphatic carbocycles. The second-order valence-corrected chi connectivity index (χ2v) is 5.85. The Morgan fingerprint density at radius 1 is 1.45 bits per heavy atom. The van der Waals surface area contributed by atoms with Crippen LogP contribution in [-0.4, -0.2) is 34.5 Å². The molecule has 1 fully saturated rings. The third kappa shape index (κ3) is 4.27. The Balaban J connectivity index is 2.09. The molecule has 0 spiro atoms. The molecule has 0 radical (unpaired) electrons. The third-order valence-corrected chi connectivity index (χ3v) is 3.75. The molecule has 118 valence electrons. The van der Waals surface area contributed by atoms with Crippen molar-refractivity contribution in [2.75, 3.05) is 6.54 Å². The molecule has 1 saturated heterocycles. The van der Waals surface area contributed by atoms with E-state index in [9.17, 15) is 9.18 Å². The summed E-state index contributed by atoms with van der Waals surface area (Å²) in [6.07, 6.45) is 2.35. The maximum atomic E-state index is 13.0. The average molecular weight is 321 g/mol. The van der Waals surface area contributed by atoms with Gasteiger partial charge in [-0.3, -0.25) is 4.79 Å². The van der Waals surface area contributed by atoms with E-state index in [0.717, 1.165) is 5.56 Å². The van der Waals surface area contributed by atoms with E-state index in [2.05, 4.69) is 17.2 Å². The number of rotatable bonds is 5. The predicted octanol–water partition coefficient (Wildman–Crippen LogP) is 1.97. The first-order valence-electron chi connectivity index (χ1n) is 7.20. The summed E-state index contributed by atoms with van der Waals surface area (Å²) < 4.78 is 13.0. The number of thiocarbonyl (C=S) groups is 1. The highest BCUT2D eigenvalue weighted by atomic mass is 32.1. The van der Waals surface area contributed by atoms with Crippen LogP contribution in [0.1, 0.15) is 18.9 Å². The van der Waals surface area contributed by atoms with Crippen molar-refractivity contribution in [2.45, 2.75) is 32.0 Å². The van der Waals surface area contributed by atoms with Crippen molar-refractivity contribution in [3.8, 4) is 0 Å². The highest BCUT2D eigenvalue weighted by Crippen LogP contribution is 2.12. The Hall–Kier alpha value is -1.95. The molecule has 0 unspecified atom stereocenters. The number of nitrogens with one attached hydrogen (secondary N) is 2. The minimum absolute atomic E-state index is 0.0278. The number of hydrogen-bond donors (Lipinski definition) is 2. The summed E-state index contributed by atoms with van der Waals surface area (Å²) in [5, 5.41) is 6.59. The average Bonchev–Trinajstić information content (AvgIpc) is 2.47. The minimum Gasteiger partial charge on any atom is -0.360 e. The van der Waals surface area contributed by atoms with Crippen LogP contribution >= 0.6 is 12.2 Å². The van der Waals surface area contributed by atoms with Crippen LogP contribution in [0.25, 0.3) is 0 Å². The van der Waals surface area contributed by atoms with Crippen molar-refractivity contribution in [1.82, 2.24) is 15.5 Å². The normalized spacial score (nSPS) is 20.7. The van der Waals surface area contributed by atoms with Gasteiger partial charge in [0.2, 0.25) is 5.91 Å². The molecule has 2 rings (SSSR count). The summed E-state index contributed by atoms with van der Waals surface area (Å²) in [5.74, 6) is -0.315. The quantitative estimate of drug-likeness (QED) is 0.643. The molecule has 6 heteroatoms. The van der Waals surface area contributed by atoms with Gasteiger partial charge in [0, 0.05) is 19.1 Å². The number of halogens is 1. The van der Waals surface area contributed by atoms with Gasteiger partial charge in [-0.2, -0.15) is 0 Å². The van der Waals surface area contributed by atoms with Crippen molar-refractivity contribution in [3.63, 3.8) is 0 Å². The molecule has 1 aliphatic heterocycles. The molecule has 2 atom stereocenters. The van der Waals surface area contributed by atoms with E-state index in [1.54, 1.807) is 23.1 Å². The fraction of sp³-hybridized carbons (Fsp3) is 0.375. The Kier molecular flexibility index (Phi) is 5.49. The molecular weight excluding hydrogens is 301 g/mol. The summed E-state index contributed by atoms with van der Waals surface area (Å²) in [4.78, 5) is 14.4. The highest BCUT2D eigenvalue weighted by Gasteiger charge is 2.29. The lowest BCUT2D eigenvalue weighted by Crippen LogP contribution is -2.58. The van der Waals surface area contributed by atoms with Gasteiger partial charge in [0.05, 0.1) is 0 Å². The number of hydrogen-bond acceptors (Lipinski definition) is 2. The molecule has 1 heterocycles. The molecule has 4 nitrogen and oxygen atoms in total. The van der Waals surface area contributed by atoms with Crippen LogP contribution in [0.3, 0.4) is 0 Å². The molecule has 0 bridgehead atoms. The Morgan fingerprint density at radius 3 is 2.73 bits per heavy atom. The molecule has 1 aliphatic rings. The van der Waals surface area contributed by atoms with Gasteiger partial charge < -0.3 is 15.5 Å². The maximum Gasteiger partial charge on any atom is 0.245 e. The van der Waals surface area contributed by atoms with Crippen LogP contribution in [-0.2, 0) is 11.3 Å². The Morgan fingerprint density at radius 2 is 2.14 bits per heavy atom. The van der Waals surface area contributed by atoms with E-state index >= 15 is 0 Å². The first kappa shape index (κ1) is 16.4. The van der Waals surface area contributed by atoms with E-state index < -0.39 is 0 Å². The summed E-state index contributed by atoms with van der Waals surface area (Å²) in [6.45, 7) is 6.54. The van der Waals surface area contributed by atoms with Crippen molar-refractivity contribution < 1.29 is 9.18 Å². The molecule has 1 amide bonds. The number of carbonyl (C=O) groups is 1. The smallest absolute Gasteiger partial charge is 0.245 e. The minimum atomic E-state index is -0.343. The second-order valence-electron chi connectivity index (χ2n) is 5.44. The molecule has 22 heavy (non-hydrogen) atoms. The zero-order valence-corrected chi connectivity index (χ0v) is 13.3. The molecule has 0 aromatic heterocycles. The highest BCUT2D eigenvalue weighted by molar-refractivity contribution is 7.80. The molecule has 2 N–H and O–H groups in total. The molecular formula is C16H20FN3OS. The van der Waals surface area contributed by atoms with E-state index in [4.69, 9.17) is 12.2 Å². The van der Waals surface area contributed by atoms with Crippen molar-refractivity contribution in [2.24, 2.45) is 0 Å². The van der Waals surface area contributed by atoms with Gasteiger partial charge in [0.15, 0.2) is 5.11 Å². The fourth-order valence-electron chi connectivity index (χ4n) is 2.48. The van der Waals surface area contributed by atoms with Crippen LogP contribution in [0.2, 0.25) is 0 Å². The summed E-state index contributed by atoms with van der Waals surface area (Å²) in [5.41, 5.74) is 0.876. The van der Waals surface area contributed by atoms with E-state index in [-0.39, 0.29) is 23.8 Å². The van der Waals surface area contributed by atoms with E-state index in [0.29, 0.717) is 24.6 Å². The Labute approximate surface area is 135 Å². The maximum absolute atomic E-state index is 13.0. The van der Waals surface area contributed by atoms with Gasteiger partial charge in [-0.05, 0) is 43.3 Å². The zero-order valence-electron chi connectivity index (χ0n) is 12.5. The Bertz CT molecular complexity index is 561. The molecule has 1 aromatic carbocycles. The lowest BCUT2D eigenvalue weighted by atomic mass is 10.0. The van der Waals surface area contributed by atoms with Crippen molar-refractivity contribution >= 4 is 23.2 Å². The first-order chi connectivity index (χ1) is 10.5. The lowest BCUT2D eigenvalue weighted by Gasteiger charge is -2.33. The van der Waals surface area contributed by atoms with E-state index in [1.165, 1.54) is 12.1 Å². The van der Waals surface area contributed by atoms with Gasteiger partial charge in [-0.15, -0.1) is 6.58 Å². The van der Waals surface area contributed by atoms with Crippen LogP contribution in [0.4, 0.5) is 4.39 Å². The largest absolute Gasteiger partial charge is 0.360 e. The number of nitrogens with zero attached hydrogens (tertiary/aromatic N) is 1. The number of benzene rings is 1.